The first kappa shape index (κ1) is 14.0. The van der Waals surface area contributed by atoms with Gasteiger partial charge in [-0.3, -0.25) is 0 Å². The predicted molar refractivity (Wildman–Crippen MR) is 70.5 cm³/mol. The van der Waals surface area contributed by atoms with Gasteiger partial charge in [-0.25, -0.2) is 4.79 Å². The van der Waals surface area contributed by atoms with E-state index in [4.69, 9.17) is 10.2 Å². The van der Waals surface area contributed by atoms with Crippen molar-refractivity contribution in [2.45, 2.75) is 13.8 Å². The van der Waals surface area contributed by atoms with Crippen molar-refractivity contribution in [1.82, 2.24) is 0 Å². The van der Waals surface area contributed by atoms with E-state index < -0.39 is 5.97 Å². The van der Waals surface area contributed by atoms with Crippen LogP contribution in [0.3, 0.4) is 0 Å². The molecule has 0 saturated carbocycles. The third-order valence-corrected chi connectivity index (χ3v) is 3.06. The monoisotopic (exact) mass is 301 g/mol. The quantitative estimate of drug-likeness (QED) is 0.782. The Morgan fingerprint density at radius 1 is 1.47 bits per heavy atom. The van der Waals surface area contributed by atoms with Gasteiger partial charge in [0.05, 0.1) is 5.56 Å². The fraction of sp³-hybridized carbons (Fsp3) is 0.417. The number of halogens is 1. The Labute approximate surface area is 109 Å². The van der Waals surface area contributed by atoms with Gasteiger partial charge in [-0.15, -0.1) is 0 Å². The van der Waals surface area contributed by atoms with Crippen LogP contribution in [0.1, 0.15) is 24.2 Å². The lowest BCUT2D eigenvalue weighted by molar-refractivity contribution is 0.0697. The molecule has 0 saturated heterocycles. The number of carboxylic acid groups (broad SMARTS) is 1. The second-order valence-electron chi connectivity index (χ2n) is 4.68. The summed E-state index contributed by atoms with van der Waals surface area (Å²) in [5.41, 5.74) is 0.839. The smallest absolute Gasteiger partial charge is 0.335 e. The van der Waals surface area contributed by atoms with E-state index in [1.807, 2.05) is 13.8 Å². The van der Waals surface area contributed by atoms with E-state index >= 15 is 0 Å². The predicted octanol–water partition coefficient (Wildman–Crippen LogP) is 2.58. The lowest BCUT2D eigenvalue weighted by Crippen LogP contribution is -2.26. The number of anilines is 1. The summed E-state index contributed by atoms with van der Waals surface area (Å²) in [4.78, 5) is 10.8. The fourth-order valence-corrected chi connectivity index (χ4v) is 1.70. The van der Waals surface area contributed by atoms with Gasteiger partial charge in [0.15, 0.2) is 0 Å². The van der Waals surface area contributed by atoms with Crippen molar-refractivity contribution in [2.75, 3.05) is 18.5 Å². The van der Waals surface area contributed by atoms with Gasteiger partial charge in [0.1, 0.15) is 0 Å². The zero-order chi connectivity index (χ0) is 13.1. The van der Waals surface area contributed by atoms with Crippen molar-refractivity contribution in [3.63, 3.8) is 0 Å². The summed E-state index contributed by atoms with van der Waals surface area (Å²) in [6.07, 6.45) is 0. The zero-order valence-electron chi connectivity index (χ0n) is 9.83. The number of hydrogen-bond acceptors (Lipinski definition) is 3. The van der Waals surface area contributed by atoms with Crippen LogP contribution in [0.25, 0.3) is 0 Å². The summed E-state index contributed by atoms with van der Waals surface area (Å²) < 4.78 is 0.700. The number of aromatic carboxylic acids is 1. The summed E-state index contributed by atoms with van der Waals surface area (Å²) >= 11 is 3.32. The van der Waals surface area contributed by atoms with E-state index in [0.717, 1.165) is 5.69 Å². The first-order valence-electron chi connectivity index (χ1n) is 5.23. The highest BCUT2D eigenvalue weighted by Crippen LogP contribution is 2.25. The van der Waals surface area contributed by atoms with Crippen molar-refractivity contribution in [1.29, 1.82) is 0 Å². The van der Waals surface area contributed by atoms with E-state index in [-0.39, 0.29) is 17.6 Å². The minimum Gasteiger partial charge on any atom is -0.478 e. The molecular formula is C12H16BrNO3. The number of hydrogen-bond donors (Lipinski definition) is 3. The van der Waals surface area contributed by atoms with Crippen LogP contribution in [0.4, 0.5) is 5.69 Å². The number of aliphatic hydroxyl groups is 1. The van der Waals surface area contributed by atoms with Crippen LogP contribution < -0.4 is 5.32 Å². The lowest BCUT2D eigenvalue weighted by atomic mass is 9.95. The largest absolute Gasteiger partial charge is 0.478 e. The van der Waals surface area contributed by atoms with Crippen molar-refractivity contribution < 1.29 is 15.0 Å². The van der Waals surface area contributed by atoms with E-state index in [1.54, 1.807) is 18.2 Å². The molecular weight excluding hydrogens is 286 g/mol. The second kappa shape index (κ2) is 5.51. The normalized spacial score (nSPS) is 11.3. The van der Waals surface area contributed by atoms with Gasteiger partial charge in [0.25, 0.3) is 0 Å². The maximum atomic E-state index is 10.8. The number of rotatable bonds is 5. The highest BCUT2D eigenvalue weighted by molar-refractivity contribution is 9.10. The van der Waals surface area contributed by atoms with Crippen molar-refractivity contribution >= 4 is 27.6 Å². The summed E-state index contributed by atoms with van der Waals surface area (Å²) in [7, 11) is 0. The molecule has 17 heavy (non-hydrogen) atoms. The molecule has 1 aromatic rings. The number of benzene rings is 1. The Kier molecular flexibility index (Phi) is 4.54. The average molecular weight is 302 g/mol. The Morgan fingerprint density at radius 2 is 2.12 bits per heavy atom. The summed E-state index contributed by atoms with van der Waals surface area (Å²) in [6, 6.07) is 4.80. The zero-order valence-corrected chi connectivity index (χ0v) is 11.4. The molecule has 94 valence electrons. The standard InChI is InChI=1S/C12H16BrNO3/c1-12(2,7-15)6-14-10-4-3-8(11(16)17)5-9(10)13/h3-5,14-15H,6-7H2,1-2H3,(H,16,17). The topological polar surface area (TPSA) is 69.6 Å². The van der Waals surface area contributed by atoms with Gasteiger partial charge < -0.3 is 15.5 Å². The van der Waals surface area contributed by atoms with Crippen LogP contribution in [0.5, 0.6) is 0 Å². The molecule has 0 radical (unpaired) electrons. The molecule has 4 nitrogen and oxygen atoms in total. The second-order valence-corrected chi connectivity index (χ2v) is 5.53. The summed E-state index contributed by atoms with van der Waals surface area (Å²) in [5, 5.41) is 21.1. The molecule has 1 aromatic carbocycles. The van der Waals surface area contributed by atoms with Gasteiger partial charge >= 0.3 is 5.97 Å². The molecule has 0 spiro atoms. The molecule has 0 aliphatic heterocycles. The molecule has 0 amide bonds. The van der Waals surface area contributed by atoms with E-state index in [0.29, 0.717) is 11.0 Å². The first-order chi connectivity index (χ1) is 7.85. The number of aliphatic hydroxyl groups excluding tert-OH is 1. The number of carboxylic acids is 1. The van der Waals surface area contributed by atoms with E-state index in [2.05, 4.69) is 21.2 Å². The SMILES string of the molecule is CC(C)(CO)CNc1ccc(C(=O)O)cc1Br. The van der Waals surface area contributed by atoms with Gasteiger partial charge in [0.2, 0.25) is 0 Å². The van der Waals surface area contributed by atoms with Crippen LogP contribution in [0.15, 0.2) is 22.7 Å². The minimum absolute atomic E-state index is 0.0881. The van der Waals surface area contributed by atoms with Crippen LogP contribution in [0.2, 0.25) is 0 Å². The summed E-state index contributed by atoms with van der Waals surface area (Å²) in [5.74, 6) is -0.951. The maximum absolute atomic E-state index is 10.8. The third kappa shape index (κ3) is 4.02. The highest BCUT2D eigenvalue weighted by atomic mass is 79.9. The molecule has 1 rings (SSSR count). The molecule has 0 aromatic heterocycles. The molecule has 3 N–H and O–H groups in total. The number of nitrogens with one attached hydrogen (secondary N) is 1. The third-order valence-electron chi connectivity index (χ3n) is 2.40. The molecule has 0 heterocycles. The molecule has 0 fully saturated rings. The highest BCUT2D eigenvalue weighted by Gasteiger charge is 2.16. The van der Waals surface area contributed by atoms with Crippen LogP contribution in [-0.2, 0) is 0 Å². The Balaban J connectivity index is 2.77. The van der Waals surface area contributed by atoms with Gasteiger partial charge in [-0.1, -0.05) is 13.8 Å². The molecule has 0 unspecified atom stereocenters. The number of carbonyl (C=O) groups is 1. The lowest BCUT2D eigenvalue weighted by Gasteiger charge is -2.23. The van der Waals surface area contributed by atoms with Crippen molar-refractivity contribution in [2.24, 2.45) is 5.41 Å². The maximum Gasteiger partial charge on any atom is 0.335 e. The molecule has 0 bridgehead atoms. The van der Waals surface area contributed by atoms with E-state index in [9.17, 15) is 4.79 Å². The van der Waals surface area contributed by atoms with Crippen LogP contribution in [-0.4, -0.2) is 29.3 Å². The fourth-order valence-electron chi connectivity index (χ4n) is 1.18. The molecule has 5 heteroatoms. The molecule has 0 aliphatic rings. The van der Waals surface area contributed by atoms with Gasteiger partial charge in [-0.2, -0.15) is 0 Å². The minimum atomic E-state index is -0.951. The Bertz CT molecular complexity index is 418. The average Bonchev–Trinajstić information content (AvgIpc) is 2.27. The first-order valence-corrected chi connectivity index (χ1v) is 6.02. The molecule has 0 aliphatic carbocycles. The van der Waals surface area contributed by atoms with Crippen LogP contribution >= 0.6 is 15.9 Å². The van der Waals surface area contributed by atoms with Crippen molar-refractivity contribution in [3.05, 3.63) is 28.2 Å². The van der Waals surface area contributed by atoms with Crippen molar-refractivity contribution in [3.8, 4) is 0 Å². The molecule has 0 atom stereocenters. The Hall–Kier alpha value is -1.07. The van der Waals surface area contributed by atoms with Gasteiger partial charge in [-0.05, 0) is 34.1 Å². The van der Waals surface area contributed by atoms with E-state index in [1.165, 1.54) is 0 Å². The van der Waals surface area contributed by atoms with Crippen LogP contribution in [0, 0.1) is 5.41 Å². The van der Waals surface area contributed by atoms with Gasteiger partial charge in [0, 0.05) is 28.7 Å². The Morgan fingerprint density at radius 3 is 2.59 bits per heavy atom. The summed E-state index contributed by atoms with van der Waals surface area (Å²) in [6.45, 7) is 4.58.